The Morgan fingerprint density at radius 1 is 0.979 bits per heavy atom. The lowest BCUT2D eigenvalue weighted by molar-refractivity contribution is 0.188. The van der Waals surface area contributed by atoms with Gasteiger partial charge in [-0.1, -0.05) is 20.8 Å². The van der Waals surface area contributed by atoms with E-state index in [1.54, 1.807) is 63.4 Å². The first-order valence-electron chi connectivity index (χ1n) is 14.8. The average molecular weight is 694 g/mol. The van der Waals surface area contributed by atoms with Gasteiger partial charge in [-0.25, -0.2) is 24.2 Å². The summed E-state index contributed by atoms with van der Waals surface area (Å²) in [6, 6.07) is 10.2. The number of rotatable bonds is 11. The third-order valence-electron chi connectivity index (χ3n) is 7.73. The molecule has 6 aromatic rings. The van der Waals surface area contributed by atoms with Crippen molar-refractivity contribution in [3.05, 3.63) is 58.7 Å². The maximum absolute atomic E-state index is 12.9. The number of nitrogens with zero attached hydrogens (tertiary/aromatic N) is 5. The number of benzene rings is 2. The summed E-state index contributed by atoms with van der Waals surface area (Å²) in [4.78, 5) is 25.2. The van der Waals surface area contributed by atoms with Crippen molar-refractivity contribution >= 4 is 49.8 Å². The number of carbonyl (C=O) groups is 1. The van der Waals surface area contributed by atoms with Crippen molar-refractivity contribution in [3.8, 4) is 39.6 Å². The summed E-state index contributed by atoms with van der Waals surface area (Å²) in [5, 5.41) is 16.5. The number of fused-ring (bicyclic) bond motifs is 2. The van der Waals surface area contributed by atoms with Gasteiger partial charge in [0, 0.05) is 28.6 Å². The van der Waals surface area contributed by atoms with Gasteiger partial charge in [0.25, 0.3) is 5.19 Å². The van der Waals surface area contributed by atoms with E-state index in [2.05, 4.69) is 10.1 Å². The number of imidazole rings is 1. The molecule has 0 aliphatic heterocycles. The van der Waals surface area contributed by atoms with E-state index < -0.39 is 17.6 Å². The highest BCUT2D eigenvalue weighted by Gasteiger charge is 2.39. The lowest BCUT2D eigenvalue weighted by Crippen LogP contribution is -2.40. The van der Waals surface area contributed by atoms with Gasteiger partial charge in [-0.3, -0.25) is 0 Å². The van der Waals surface area contributed by atoms with E-state index in [0.29, 0.717) is 72.0 Å². The highest BCUT2D eigenvalue weighted by Crippen LogP contribution is 2.46. The minimum absolute atomic E-state index is 0.0779. The Kier molecular flexibility index (Phi) is 8.83. The van der Waals surface area contributed by atoms with Gasteiger partial charge in [0.15, 0.2) is 10.9 Å². The van der Waals surface area contributed by atoms with E-state index in [1.165, 1.54) is 27.6 Å². The van der Waals surface area contributed by atoms with E-state index in [0.717, 1.165) is 4.88 Å². The summed E-state index contributed by atoms with van der Waals surface area (Å²) in [7, 11) is 6.25. The molecule has 1 atom stereocenters. The molecular weight excluding hydrogens is 659 g/mol. The van der Waals surface area contributed by atoms with E-state index in [-0.39, 0.29) is 6.61 Å². The number of hydrogen-bond donors (Lipinski definition) is 1. The van der Waals surface area contributed by atoms with Crippen molar-refractivity contribution in [3.63, 3.8) is 0 Å². The summed E-state index contributed by atoms with van der Waals surface area (Å²) in [5.41, 5.74) is 1.92. The summed E-state index contributed by atoms with van der Waals surface area (Å²) in [6.45, 7) is 7.92. The van der Waals surface area contributed by atoms with Crippen LogP contribution in [0.4, 0.5) is 9.93 Å². The Morgan fingerprint density at radius 3 is 2.38 bits per heavy atom. The molecule has 13 nitrogen and oxygen atoms in total. The monoisotopic (exact) mass is 693 g/mol. The Balaban J connectivity index is 1.32. The molecular formula is C33H35N5O8S2. The molecule has 1 amide bonds. The summed E-state index contributed by atoms with van der Waals surface area (Å²) >= 11 is 2.61. The van der Waals surface area contributed by atoms with Gasteiger partial charge in [0.2, 0.25) is 4.96 Å². The van der Waals surface area contributed by atoms with Crippen LogP contribution in [0.15, 0.2) is 47.0 Å². The summed E-state index contributed by atoms with van der Waals surface area (Å²) < 4.78 is 35.9. The van der Waals surface area contributed by atoms with E-state index in [4.69, 9.17) is 33.1 Å². The first-order chi connectivity index (χ1) is 22.9. The molecule has 0 fully saturated rings. The fourth-order valence-electron chi connectivity index (χ4n) is 5.47. The maximum atomic E-state index is 12.9. The van der Waals surface area contributed by atoms with Crippen molar-refractivity contribution in [2.75, 3.05) is 33.3 Å². The molecule has 0 saturated carbocycles. The number of anilines is 1. The zero-order valence-electron chi connectivity index (χ0n) is 27.7. The van der Waals surface area contributed by atoms with Gasteiger partial charge in [0.05, 0.1) is 51.8 Å². The molecule has 0 spiro atoms. The van der Waals surface area contributed by atoms with Crippen LogP contribution >= 0.6 is 22.7 Å². The minimum Gasteiger partial charge on any atom is -0.497 e. The van der Waals surface area contributed by atoms with Crippen LogP contribution in [0.5, 0.6) is 28.2 Å². The SMILES string of the molecule is COc1ccc(C(N(C(=O)O)c2nc(COc3cc(OC)cc4oc(-c5cn6nc(OC)sc6n5)cc34)c(C)s2)C(C)(C)C)c(OC)c1. The zero-order valence-corrected chi connectivity index (χ0v) is 29.3. The number of carboxylic acid groups (broad SMARTS) is 1. The molecule has 0 bridgehead atoms. The molecule has 0 aliphatic carbocycles. The van der Waals surface area contributed by atoms with E-state index in [9.17, 15) is 9.90 Å². The van der Waals surface area contributed by atoms with Crippen molar-refractivity contribution in [1.82, 2.24) is 19.6 Å². The van der Waals surface area contributed by atoms with Gasteiger partial charge in [-0.05, 0) is 41.9 Å². The number of ether oxygens (including phenoxy) is 5. The molecule has 15 heteroatoms. The molecule has 2 aromatic carbocycles. The fourth-order valence-corrected chi connectivity index (χ4v) is 7.10. The number of thiazole rings is 1. The largest absolute Gasteiger partial charge is 0.497 e. The second-order valence-corrected chi connectivity index (χ2v) is 14.0. The van der Waals surface area contributed by atoms with E-state index in [1.807, 2.05) is 39.8 Å². The number of hydrogen-bond acceptors (Lipinski definition) is 12. The second-order valence-electron chi connectivity index (χ2n) is 11.9. The topological polar surface area (TPSA) is 143 Å². The van der Waals surface area contributed by atoms with Gasteiger partial charge in [-0.15, -0.1) is 16.4 Å². The number of furan rings is 1. The Hall–Kier alpha value is -5.02. The molecule has 4 heterocycles. The summed E-state index contributed by atoms with van der Waals surface area (Å²) in [6.07, 6.45) is 0.632. The third-order valence-corrected chi connectivity index (χ3v) is 9.63. The molecule has 252 valence electrons. The van der Waals surface area contributed by atoms with Crippen LogP contribution in [-0.4, -0.2) is 59.2 Å². The third kappa shape index (κ3) is 6.18. The normalized spacial score (nSPS) is 12.3. The summed E-state index contributed by atoms with van der Waals surface area (Å²) in [5.74, 6) is 2.72. The smallest absolute Gasteiger partial charge is 0.414 e. The molecule has 0 saturated heterocycles. The Morgan fingerprint density at radius 2 is 1.73 bits per heavy atom. The average Bonchev–Trinajstić information content (AvgIpc) is 3.83. The lowest BCUT2D eigenvalue weighted by atomic mass is 9.81. The van der Waals surface area contributed by atoms with Gasteiger partial charge < -0.3 is 33.2 Å². The van der Waals surface area contributed by atoms with Gasteiger partial charge >= 0.3 is 6.09 Å². The van der Waals surface area contributed by atoms with Crippen molar-refractivity contribution < 1.29 is 38.0 Å². The first-order valence-corrected chi connectivity index (χ1v) is 16.4. The van der Waals surface area contributed by atoms with Crippen LogP contribution < -0.4 is 28.6 Å². The van der Waals surface area contributed by atoms with Crippen LogP contribution in [0.2, 0.25) is 0 Å². The predicted molar refractivity (Wildman–Crippen MR) is 183 cm³/mol. The lowest BCUT2D eigenvalue weighted by Gasteiger charge is -2.38. The molecule has 6 rings (SSSR count). The predicted octanol–water partition coefficient (Wildman–Crippen LogP) is 7.85. The van der Waals surface area contributed by atoms with E-state index >= 15 is 0 Å². The first kappa shape index (κ1) is 32.9. The highest BCUT2D eigenvalue weighted by atomic mass is 32.1. The van der Waals surface area contributed by atoms with Gasteiger partial charge in [0.1, 0.15) is 40.9 Å². The highest BCUT2D eigenvalue weighted by molar-refractivity contribution is 7.18. The quantitative estimate of drug-likeness (QED) is 0.142. The molecule has 0 radical (unpaired) electrons. The van der Waals surface area contributed by atoms with Crippen LogP contribution in [-0.2, 0) is 6.61 Å². The number of aryl methyl sites for hydroxylation is 1. The molecule has 1 unspecified atom stereocenters. The molecule has 0 aliphatic rings. The Labute approximate surface area is 284 Å². The maximum Gasteiger partial charge on any atom is 0.414 e. The fraction of sp³-hybridized carbons (Fsp3) is 0.333. The van der Waals surface area contributed by atoms with Crippen molar-refractivity contribution in [2.45, 2.75) is 40.3 Å². The number of methoxy groups -OCH3 is 4. The van der Waals surface area contributed by atoms with Crippen LogP contribution in [0.1, 0.15) is 42.9 Å². The van der Waals surface area contributed by atoms with Crippen molar-refractivity contribution in [1.29, 1.82) is 0 Å². The van der Waals surface area contributed by atoms with Crippen LogP contribution in [0, 0.1) is 12.3 Å². The van der Waals surface area contributed by atoms with Crippen LogP contribution in [0.3, 0.4) is 0 Å². The number of aromatic nitrogens is 4. The standard InChI is InChI=1S/C33H35N5O8S2/c1-17-23(35-30(47-17)38(32(39)40)28(33(2,3)4)20-10-9-18(41-5)11-24(20)43-7)16-45-25-12-19(42-6)13-26-21(25)14-27(46-26)22-15-37-29(34-22)48-31(36-37)44-8/h9-15,28H,16H2,1-8H3,(H,39,40). The number of amides is 1. The molecule has 1 N–H and O–H groups in total. The second kappa shape index (κ2) is 12.9. The minimum atomic E-state index is -1.14. The van der Waals surface area contributed by atoms with Crippen molar-refractivity contribution in [2.24, 2.45) is 5.41 Å². The Bertz CT molecular complexity index is 2080. The zero-order chi connectivity index (χ0) is 34.3. The van der Waals surface area contributed by atoms with Crippen LogP contribution in [0.25, 0.3) is 27.4 Å². The molecule has 48 heavy (non-hydrogen) atoms. The molecule has 4 aromatic heterocycles. The van der Waals surface area contributed by atoms with Gasteiger partial charge in [-0.2, -0.15) is 0 Å².